The predicted octanol–water partition coefficient (Wildman–Crippen LogP) is 2.03. The molecule has 0 bridgehead atoms. The standard InChI is InChI=1S/C22H27N5O5S2/c1-12(2)7-8-25-22(30)18(20(29)19(23)16-4-3-9-34-16)21(24)26-14-6-5-13(10-15(14)33)32-11-17(28)27-31/h3-6,9-10,12,23,29,31,33H,7-8,11H2,1-2H3,(H2,24,26)(H,25,30)(H,27,28)/p+1/b20-18+,23-19?. The predicted molar refractivity (Wildman–Crippen MR) is 135 cm³/mol. The van der Waals surface area contributed by atoms with E-state index in [1.54, 1.807) is 17.5 Å². The van der Waals surface area contributed by atoms with E-state index in [1.807, 2.05) is 13.8 Å². The number of aliphatic hydroxyl groups excluding tert-OH is 1. The van der Waals surface area contributed by atoms with Gasteiger partial charge in [-0.2, -0.15) is 0 Å². The summed E-state index contributed by atoms with van der Waals surface area (Å²) in [5.74, 6) is -1.56. The molecule has 182 valence electrons. The molecule has 0 atom stereocenters. The lowest BCUT2D eigenvalue weighted by atomic mass is 10.1. The maximum absolute atomic E-state index is 12.9. The summed E-state index contributed by atoms with van der Waals surface area (Å²) in [7, 11) is 0. The monoisotopic (exact) mass is 506 g/mol. The van der Waals surface area contributed by atoms with Gasteiger partial charge in [-0.15, -0.1) is 11.3 Å². The van der Waals surface area contributed by atoms with E-state index in [1.165, 1.54) is 35.0 Å². The number of allylic oxidation sites excluding steroid dienone is 1. The zero-order valence-corrected chi connectivity index (χ0v) is 20.5. The van der Waals surface area contributed by atoms with Gasteiger partial charge in [0.2, 0.25) is 0 Å². The Hall–Kier alpha value is -3.35. The molecule has 0 aliphatic carbocycles. The van der Waals surface area contributed by atoms with Crippen LogP contribution in [0.2, 0.25) is 0 Å². The summed E-state index contributed by atoms with van der Waals surface area (Å²) in [6, 6.07) is 7.94. The van der Waals surface area contributed by atoms with Gasteiger partial charge in [-0.1, -0.05) is 19.9 Å². The van der Waals surface area contributed by atoms with Gasteiger partial charge in [0.25, 0.3) is 11.8 Å². The van der Waals surface area contributed by atoms with Crippen LogP contribution in [0.4, 0.5) is 5.69 Å². The van der Waals surface area contributed by atoms with Crippen LogP contribution in [0, 0.1) is 11.3 Å². The lowest BCUT2D eigenvalue weighted by Crippen LogP contribution is -2.34. The fraction of sp³-hybridized carbons (Fsp3) is 0.273. The minimum absolute atomic E-state index is 0.244. The molecule has 10 nitrogen and oxygen atoms in total. The van der Waals surface area contributed by atoms with Crippen molar-refractivity contribution in [3.63, 3.8) is 0 Å². The van der Waals surface area contributed by atoms with Crippen molar-refractivity contribution in [2.75, 3.05) is 13.2 Å². The molecule has 1 heterocycles. The van der Waals surface area contributed by atoms with Crippen molar-refractivity contribution in [3.8, 4) is 5.75 Å². The van der Waals surface area contributed by atoms with Gasteiger partial charge in [0.05, 0.1) is 4.88 Å². The number of carbonyl (C=O) groups is 2. The second kappa shape index (κ2) is 12.8. The fourth-order valence-electron chi connectivity index (χ4n) is 2.64. The molecule has 2 rings (SSSR count). The number of ether oxygens (including phenoxy) is 1. The summed E-state index contributed by atoms with van der Waals surface area (Å²) in [6.07, 6.45) is 0.722. The van der Waals surface area contributed by atoms with E-state index in [-0.39, 0.29) is 17.1 Å². The van der Waals surface area contributed by atoms with E-state index in [4.69, 9.17) is 21.1 Å². The summed E-state index contributed by atoms with van der Waals surface area (Å²) in [6.45, 7) is 4.01. The highest BCUT2D eigenvalue weighted by Gasteiger charge is 2.24. The number of rotatable bonds is 11. The number of hydroxylamine groups is 1. The molecule has 0 fully saturated rings. The quantitative estimate of drug-likeness (QED) is 0.0518. The third kappa shape index (κ3) is 7.61. The maximum atomic E-state index is 12.9. The highest BCUT2D eigenvalue weighted by atomic mass is 32.1. The van der Waals surface area contributed by atoms with Crippen molar-refractivity contribution in [3.05, 3.63) is 51.9 Å². The van der Waals surface area contributed by atoms with E-state index < -0.39 is 24.2 Å². The molecule has 2 aromatic rings. The van der Waals surface area contributed by atoms with Gasteiger partial charge in [-0.3, -0.25) is 20.2 Å². The highest BCUT2D eigenvalue weighted by Crippen LogP contribution is 2.25. The van der Waals surface area contributed by atoms with Crippen LogP contribution in [0.25, 0.3) is 0 Å². The van der Waals surface area contributed by atoms with Crippen LogP contribution in [0.5, 0.6) is 5.75 Å². The second-order valence-electron chi connectivity index (χ2n) is 7.51. The van der Waals surface area contributed by atoms with Crippen LogP contribution < -0.4 is 21.3 Å². The van der Waals surface area contributed by atoms with E-state index in [9.17, 15) is 14.7 Å². The summed E-state index contributed by atoms with van der Waals surface area (Å²) >= 11 is 4.63. The van der Waals surface area contributed by atoms with Gasteiger partial charge < -0.3 is 20.9 Å². The van der Waals surface area contributed by atoms with Crippen molar-refractivity contribution in [1.82, 2.24) is 10.8 Å². The van der Waals surface area contributed by atoms with Crippen LogP contribution in [0.3, 0.4) is 0 Å². The maximum Gasteiger partial charge on any atom is 0.281 e. The lowest BCUT2D eigenvalue weighted by Gasteiger charge is -2.13. The van der Waals surface area contributed by atoms with E-state index in [0.717, 1.165) is 6.42 Å². The number of amides is 2. The minimum atomic E-state index is -0.719. The van der Waals surface area contributed by atoms with Crippen LogP contribution in [-0.2, 0) is 22.2 Å². The Labute approximate surface area is 206 Å². The van der Waals surface area contributed by atoms with Gasteiger partial charge in [0, 0.05) is 12.6 Å². The van der Waals surface area contributed by atoms with E-state index in [0.29, 0.717) is 33.7 Å². The molecule has 2 amide bonds. The van der Waals surface area contributed by atoms with Crippen molar-refractivity contribution < 1.29 is 24.6 Å². The fourth-order valence-corrected chi connectivity index (χ4v) is 3.60. The number of thiophene rings is 1. The van der Waals surface area contributed by atoms with Gasteiger partial charge >= 0.3 is 0 Å². The molecule has 0 aliphatic heterocycles. The Morgan fingerprint density at radius 3 is 2.65 bits per heavy atom. The Bertz CT molecular complexity index is 1100. The number of carbonyl (C=O) groups excluding carboxylic acids is 2. The molecule has 7 N–H and O–H groups in total. The number of hydrogen-bond acceptors (Lipinski definition) is 8. The van der Waals surface area contributed by atoms with Gasteiger partial charge in [0.1, 0.15) is 28.6 Å². The van der Waals surface area contributed by atoms with Gasteiger partial charge in [-0.05, 0) is 48.5 Å². The Kier molecular flexibility index (Phi) is 10.1. The zero-order chi connectivity index (χ0) is 25.3. The second-order valence-corrected chi connectivity index (χ2v) is 9.00. The first-order valence-corrected chi connectivity index (χ1v) is 11.6. The summed E-state index contributed by atoms with van der Waals surface area (Å²) < 4.78 is 5.24. The number of nitrogens with two attached hydrogens (primary N) is 1. The number of aliphatic imine (C=N–C) groups is 1. The molecule has 34 heavy (non-hydrogen) atoms. The Morgan fingerprint density at radius 2 is 2.06 bits per heavy atom. The minimum Gasteiger partial charge on any atom is -0.505 e. The molecule has 12 heteroatoms. The molecule has 0 radical (unpaired) electrons. The molecule has 0 aliphatic rings. The summed E-state index contributed by atoms with van der Waals surface area (Å²) in [4.78, 5) is 29.2. The van der Waals surface area contributed by atoms with E-state index in [2.05, 4.69) is 22.9 Å². The topological polar surface area (TPSA) is 170 Å². The molecule has 1 aromatic heterocycles. The van der Waals surface area contributed by atoms with Crippen molar-refractivity contribution in [2.45, 2.75) is 25.2 Å². The number of amidine groups is 1. The molecular formula is C22H28N5O5S2+. The molecule has 0 unspecified atom stereocenters. The lowest BCUT2D eigenvalue weighted by molar-refractivity contribution is -0.131. The van der Waals surface area contributed by atoms with Gasteiger partial charge in [0.15, 0.2) is 17.3 Å². The van der Waals surface area contributed by atoms with Crippen LogP contribution in [0.15, 0.2) is 56.9 Å². The number of aliphatic hydroxyl groups is 1. The van der Waals surface area contributed by atoms with E-state index >= 15 is 0 Å². The van der Waals surface area contributed by atoms with Crippen LogP contribution in [0.1, 0.15) is 25.1 Å². The number of hydrogen-bond donors (Lipinski definition) is 6. The number of benzene rings is 1. The Balaban J connectivity index is 2.37. The average molecular weight is 507 g/mol. The largest absolute Gasteiger partial charge is 0.505 e. The van der Waals surface area contributed by atoms with Crippen LogP contribution >= 0.6 is 11.3 Å². The molecule has 0 spiro atoms. The first-order chi connectivity index (χ1) is 16.1. The SMILES string of the molecule is CC(C)CCNC(=O)/C(C(N)=Nc1ccc(OCC(=O)NO)cc1[SH2+])=C(/O)C(=N)c1cccs1. The molecule has 1 aromatic carbocycles. The number of nitrogens with one attached hydrogen (secondary N) is 3. The smallest absolute Gasteiger partial charge is 0.281 e. The van der Waals surface area contributed by atoms with Crippen molar-refractivity contribution >= 4 is 53.0 Å². The first kappa shape index (κ1) is 26.9. The summed E-state index contributed by atoms with van der Waals surface area (Å²) in [5.41, 5.74) is 7.37. The highest BCUT2D eigenvalue weighted by molar-refractivity contribution is 7.59. The summed E-state index contributed by atoms with van der Waals surface area (Å²) in [5, 5.41) is 32.1. The third-order valence-electron chi connectivity index (χ3n) is 4.44. The van der Waals surface area contributed by atoms with Gasteiger partial charge in [-0.25, -0.2) is 10.5 Å². The zero-order valence-electron chi connectivity index (χ0n) is 18.7. The average Bonchev–Trinajstić information content (AvgIpc) is 3.33. The van der Waals surface area contributed by atoms with Crippen molar-refractivity contribution in [1.29, 1.82) is 5.41 Å². The molecular weight excluding hydrogens is 478 g/mol. The first-order valence-electron chi connectivity index (χ1n) is 10.2. The normalized spacial score (nSPS) is 12.2. The van der Waals surface area contributed by atoms with Crippen LogP contribution in [-0.4, -0.2) is 46.8 Å². The van der Waals surface area contributed by atoms with Crippen molar-refractivity contribution in [2.24, 2.45) is 16.6 Å². The third-order valence-corrected chi connectivity index (χ3v) is 5.72. The number of nitrogens with zero attached hydrogens (tertiary/aromatic N) is 1. The Morgan fingerprint density at radius 1 is 1.32 bits per heavy atom. The molecule has 0 saturated carbocycles. The molecule has 0 saturated heterocycles.